The minimum absolute atomic E-state index is 0.0887. The molecule has 4 aromatic rings. The predicted molar refractivity (Wildman–Crippen MR) is 93.5 cm³/mol. The Morgan fingerprint density at radius 3 is 2.39 bits per heavy atom. The molecule has 1 amide bonds. The van der Waals surface area contributed by atoms with Crippen molar-refractivity contribution in [3.8, 4) is 11.1 Å². The molecule has 3 heteroatoms. The van der Waals surface area contributed by atoms with E-state index in [4.69, 9.17) is 4.42 Å². The lowest BCUT2D eigenvalue weighted by molar-refractivity contribution is -0.114. The second-order valence-corrected chi connectivity index (χ2v) is 5.51. The highest BCUT2D eigenvalue weighted by molar-refractivity contribution is 6.10. The van der Waals surface area contributed by atoms with Crippen molar-refractivity contribution in [3.63, 3.8) is 0 Å². The number of carbonyl (C=O) groups is 1. The third-order valence-corrected chi connectivity index (χ3v) is 3.93. The maximum Gasteiger partial charge on any atom is 0.221 e. The molecule has 0 saturated heterocycles. The van der Waals surface area contributed by atoms with Crippen molar-refractivity contribution >= 4 is 33.5 Å². The molecule has 1 aromatic heterocycles. The Morgan fingerprint density at radius 2 is 1.52 bits per heavy atom. The molecule has 0 bridgehead atoms. The average molecular weight is 301 g/mol. The lowest BCUT2D eigenvalue weighted by Gasteiger charge is -2.10. The van der Waals surface area contributed by atoms with Crippen LogP contribution < -0.4 is 5.32 Å². The number of hydrogen-bond acceptors (Lipinski definition) is 2. The van der Waals surface area contributed by atoms with E-state index in [1.54, 1.807) is 0 Å². The van der Waals surface area contributed by atoms with E-state index >= 15 is 0 Å². The van der Waals surface area contributed by atoms with Crippen molar-refractivity contribution in [3.05, 3.63) is 66.7 Å². The Bertz CT molecular complexity index is 1030. The number of anilines is 1. The molecule has 0 unspecified atom stereocenters. The average Bonchev–Trinajstić information content (AvgIpc) is 2.94. The Labute approximate surface area is 133 Å². The van der Waals surface area contributed by atoms with Crippen LogP contribution in [0.2, 0.25) is 0 Å². The second kappa shape index (κ2) is 5.29. The highest BCUT2D eigenvalue weighted by Crippen LogP contribution is 2.38. The molecule has 1 N–H and O–H groups in total. The zero-order valence-electron chi connectivity index (χ0n) is 12.7. The third kappa shape index (κ3) is 2.27. The van der Waals surface area contributed by atoms with E-state index in [9.17, 15) is 4.79 Å². The smallest absolute Gasteiger partial charge is 0.221 e. The summed E-state index contributed by atoms with van der Waals surface area (Å²) in [6, 6.07) is 21.9. The van der Waals surface area contributed by atoms with E-state index in [0.29, 0.717) is 0 Å². The summed E-state index contributed by atoms with van der Waals surface area (Å²) in [6.45, 7) is 1.51. The number of rotatable bonds is 2. The summed E-state index contributed by atoms with van der Waals surface area (Å²) in [4.78, 5) is 11.5. The minimum Gasteiger partial charge on any atom is -0.455 e. The van der Waals surface area contributed by atoms with Gasteiger partial charge in [-0.2, -0.15) is 0 Å². The van der Waals surface area contributed by atoms with Gasteiger partial charge >= 0.3 is 0 Å². The number of benzene rings is 3. The summed E-state index contributed by atoms with van der Waals surface area (Å²) in [5, 5.41) is 5.07. The van der Waals surface area contributed by atoms with Gasteiger partial charge in [-0.25, -0.2) is 0 Å². The van der Waals surface area contributed by atoms with Crippen LogP contribution in [0.15, 0.2) is 71.1 Å². The highest BCUT2D eigenvalue weighted by atomic mass is 16.3. The quantitative estimate of drug-likeness (QED) is 0.552. The largest absolute Gasteiger partial charge is 0.455 e. The molecule has 23 heavy (non-hydrogen) atoms. The van der Waals surface area contributed by atoms with Crippen LogP contribution >= 0.6 is 0 Å². The summed E-state index contributed by atoms with van der Waals surface area (Å²) < 4.78 is 6.09. The van der Waals surface area contributed by atoms with Crippen LogP contribution in [0.4, 0.5) is 5.69 Å². The second-order valence-electron chi connectivity index (χ2n) is 5.51. The van der Waals surface area contributed by atoms with Gasteiger partial charge in [-0.05, 0) is 12.1 Å². The van der Waals surface area contributed by atoms with Gasteiger partial charge in [-0.3, -0.25) is 4.79 Å². The monoisotopic (exact) mass is 301 g/mol. The molecule has 0 fully saturated rings. The molecule has 0 aliphatic rings. The standard InChI is InChI=1S/C20H15NO2/c1-13(22)21-18-11-4-2-7-14(18)16-9-6-10-17-15-8-3-5-12-19(15)23-20(16)17/h2-12H,1H3,(H,21,22). The van der Waals surface area contributed by atoms with Crippen molar-refractivity contribution < 1.29 is 9.21 Å². The molecule has 0 atom stereocenters. The highest BCUT2D eigenvalue weighted by Gasteiger charge is 2.14. The van der Waals surface area contributed by atoms with Crippen molar-refractivity contribution in [2.45, 2.75) is 6.92 Å². The molecule has 0 saturated carbocycles. The summed E-state index contributed by atoms with van der Waals surface area (Å²) in [6.07, 6.45) is 0. The molecule has 0 aliphatic carbocycles. The number of furan rings is 1. The van der Waals surface area contributed by atoms with E-state index < -0.39 is 0 Å². The summed E-state index contributed by atoms with van der Waals surface area (Å²) in [7, 11) is 0. The van der Waals surface area contributed by atoms with Gasteiger partial charge in [0.1, 0.15) is 11.2 Å². The van der Waals surface area contributed by atoms with E-state index in [2.05, 4.69) is 17.4 Å². The van der Waals surface area contributed by atoms with Gasteiger partial charge in [0, 0.05) is 34.5 Å². The Hall–Kier alpha value is -3.07. The fraction of sp³-hybridized carbons (Fsp3) is 0.0500. The maximum atomic E-state index is 11.5. The fourth-order valence-electron chi connectivity index (χ4n) is 2.98. The number of hydrogen-bond donors (Lipinski definition) is 1. The number of nitrogens with one attached hydrogen (secondary N) is 1. The van der Waals surface area contributed by atoms with Crippen LogP contribution in [0.25, 0.3) is 33.1 Å². The van der Waals surface area contributed by atoms with Gasteiger partial charge in [-0.15, -0.1) is 0 Å². The van der Waals surface area contributed by atoms with E-state index in [-0.39, 0.29) is 5.91 Å². The first-order valence-corrected chi connectivity index (χ1v) is 7.51. The normalized spacial score (nSPS) is 11.0. The van der Waals surface area contributed by atoms with Crippen LogP contribution in [-0.4, -0.2) is 5.91 Å². The molecule has 0 radical (unpaired) electrons. The summed E-state index contributed by atoms with van der Waals surface area (Å²) in [5.41, 5.74) is 4.42. The van der Waals surface area contributed by atoms with Gasteiger partial charge < -0.3 is 9.73 Å². The lowest BCUT2D eigenvalue weighted by Crippen LogP contribution is -2.06. The molecule has 3 aromatic carbocycles. The lowest BCUT2D eigenvalue weighted by atomic mass is 10.0. The van der Waals surface area contributed by atoms with Crippen molar-refractivity contribution in [1.29, 1.82) is 0 Å². The molecule has 0 spiro atoms. The molecule has 112 valence electrons. The van der Waals surface area contributed by atoms with Crippen LogP contribution in [0.3, 0.4) is 0 Å². The van der Waals surface area contributed by atoms with Gasteiger partial charge in [-0.1, -0.05) is 54.6 Å². The van der Waals surface area contributed by atoms with Gasteiger partial charge in [0.05, 0.1) is 0 Å². The van der Waals surface area contributed by atoms with Gasteiger partial charge in [0.25, 0.3) is 0 Å². The van der Waals surface area contributed by atoms with Crippen LogP contribution in [-0.2, 0) is 4.79 Å². The van der Waals surface area contributed by atoms with Crippen molar-refractivity contribution in [2.75, 3.05) is 5.32 Å². The third-order valence-electron chi connectivity index (χ3n) is 3.93. The SMILES string of the molecule is CC(=O)Nc1ccccc1-c1cccc2c1oc1ccccc12. The van der Waals surface area contributed by atoms with Crippen LogP contribution in [0.1, 0.15) is 6.92 Å². The Morgan fingerprint density at radius 1 is 0.826 bits per heavy atom. The first-order chi connectivity index (χ1) is 11.2. The molecular formula is C20H15NO2. The Kier molecular flexibility index (Phi) is 3.12. The van der Waals surface area contributed by atoms with Crippen molar-refractivity contribution in [2.24, 2.45) is 0 Å². The zero-order valence-corrected chi connectivity index (χ0v) is 12.7. The topological polar surface area (TPSA) is 42.2 Å². The van der Waals surface area contributed by atoms with Crippen molar-refractivity contribution in [1.82, 2.24) is 0 Å². The predicted octanol–water partition coefficient (Wildman–Crippen LogP) is 5.21. The number of amides is 1. The maximum absolute atomic E-state index is 11.5. The molecule has 1 heterocycles. The molecule has 3 nitrogen and oxygen atoms in total. The van der Waals surface area contributed by atoms with E-state index in [1.807, 2.05) is 54.6 Å². The van der Waals surface area contributed by atoms with Gasteiger partial charge in [0.2, 0.25) is 5.91 Å². The zero-order chi connectivity index (χ0) is 15.8. The molecular weight excluding hydrogens is 286 g/mol. The van der Waals surface area contributed by atoms with E-state index in [0.717, 1.165) is 38.8 Å². The fourth-order valence-corrected chi connectivity index (χ4v) is 2.98. The Balaban J connectivity index is 2.02. The summed E-state index contributed by atoms with van der Waals surface area (Å²) in [5.74, 6) is -0.0887. The van der Waals surface area contributed by atoms with Crippen LogP contribution in [0.5, 0.6) is 0 Å². The van der Waals surface area contributed by atoms with Crippen LogP contribution in [0, 0.1) is 0 Å². The minimum atomic E-state index is -0.0887. The first-order valence-electron chi connectivity index (χ1n) is 7.51. The molecule has 4 rings (SSSR count). The summed E-state index contributed by atoms with van der Waals surface area (Å²) >= 11 is 0. The van der Waals surface area contributed by atoms with E-state index in [1.165, 1.54) is 6.92 Å². The van der Waals surface area contributed by atoms with Gasteiger partial charge in [0.15, 0.2) is 0 Å². The number of para-hydroxylation sites is 3. The first kappa shape index (κ1) is 13.6. The number of fused-ring (bicyclic) bond motifs is 3. The molecule has 0 aliphatic heterocycles. The number of carbonyl (C=O) groups excluding carboxylic acids is 1.